The molecule has 0 amide bonds. The topological polar surface area (TPSA) is 30.5 Å². The Hall–Kier alpha value is -1.66. The molecule has 1 N–H and O–H groups in total. The van der Waals surface area contributed by atoms with Gasteiger partial charge in [0.2, 0.25) is 0 Å². The Morgan fingerprint density at radius 3 is 2.83 bits per heavy atom. The minimum Gasteiger partial charge on any atom is -0.486 e. The number of rotatable bonds is 5. The van der Waals surface area contributed by atoms with E-state index in [-0.39, 0.29) is 6.04 Å². The van der Waals surface area contributed by atoms with Crippen LogP contribution in [0, 0.1) is 12.3 Å². The molecule has 1 aromatic carbocycles. The second-order valence-electron chi connectivity index (χ2n) is 4.26. The van der Waals surface area contributed by atoms with Crippen LogP contribution in [0.2, 0.25) is 0 Å². The molecule has 3 heteroatoms. The highest BCUT2D eigenvalue weighted by Crippen LogP contribution is 2.33. The first-order valence-corrected chi connectivity index (χ1v) is 6.41. The molecule has 1 aliphatic rings. The number of fused-ring (bicyclic) bond motifs is 1. The van der Waals surface area contributed by atoms with E-state index in [0.717, 1.165) is 30.9 Å². The molecule has 0 bridgehead atoms. The van der Waals surface area contributed by atoms with Crippen molar-refractivity contribution in [3.05, 3.63) is 23.8 Å². The van der Waals surface area contributed by atoms with Crippen LogP contribution in [0.4, 0.5) is 0 Å². The minimum atomic E-state index is 0.280. The highest BCUT2D eigenvalue weighted by atomic mass is 16.6. The molecule has 0 saturated heterocycles. The first kappa shape index (κ1) is 12.8. The summed E-state index contributed by atoms with van der Waals surface area (Å²) in [5, 5.41) is 3.45. The van der Waals surface area contributed by atoms with Gasteiger partial charge >= 0.3 is 0 Å². The van der Waals surface area contributed by atoms with Gasteiger partial charge in [-0.3, -0.25) is 0 Å². The molecule has 1 aliphatic heterocycles. The standard InChI is InChI=1S/C15H19NO2/c1-3-5-6-13(16-4-2)12-7-8-14-15(11-12)18-10-9-17-14/h1,7-8,11,13,16H,4-6,9-10H2,2H3. The summed E-state index contributed by atoms with van der Waals surface area (Å²) in [6.07, 6.45) is 7.04. The fraction of sp³-hybridized carbons (Fsp3) is 0.467. The van der Waals surface area contributed by atoms with Gasteiger partial charge in [0.1, 0.15) is 13.2 Å². The van der Waals surface area contributed by atoms with E-state index in [1.165, 1.54) is 5.56 Å². The molecule has 1 aromatic rings. The lowest BCUT2D eigenvalue weighted by molar-refractivity contribution is 0.171. The van der Waals surface area contributed by atoms with Crippen LogP contribution in [0.25, 0.3) is 0 Å². The predicted molar refractivity (Wildman–Crippen MR) is 71.9 cm³/mol. The zero-order valence-corrected chi connectivity index (χ0v) is 10.7. The van der Waals surface area contributed by atoms with E-state index in [0.29, 0.717) is 13.2 Å². The monoisotopic (exact) mass is 245 g/mol. The second-order valence-corrected chi connectivity index (χ2v) is 4.26. The quantitative estimate of drug-likeness (QED) is 0.809. The molecule has 96 valence electrons. The van der Waals surface area contributed by atoms with Gasteiger partial charge in [-0.05, 0) is 30.7 Å². The Morgan fingerprint density at radius 2 is 2.11 bits per heavy atom. The maximum Gasteiger partial charge on any atom is 0.161 e. The Morgan fingerprint density at radius 1 is 1.33 bits per heavy atom. The smallest absolute Gasteiger partial charge is 0.161 e. The average molecular weight is 245 g/mol. The Kier molecular flexibility index (Phi) is 4.49. The van der Waals surface area contributed by atoms with Crippen molar-refractivity contribution in [3.8, 4) is 23.8 Å². The van der Waals surface area contributed by atoms with Gasteiger partial charge in [-0.2, -0.15) is 0 Å². The van der Waals surface area contributed by atoms with Gasteiger partial charge in [-0.1, -0.05) is 13.0 Å². The molecule has 0 fully saturated rings. The second kappa shape index (κ2) is 6.32. The molecule has 2 rings (SSSR count). The van der Waals surface area contributed by atoms with Crippen molar-refractivity contribution in [2.75, 3.05) is 19.8 Å². The van der Waals surface area contributed by atoms with Crippen LogP contribution in [0.1, 0.15) is 31.4 Å². The first-order chi connectivity index (χ1) is 8.85. The fourth-order valence-corrected chi connectivity index (χ4v) is 2.14. The van der Waals surface area contributed by atoms with Crippen LogP contribution in [-0.2, 0) is 0 Å². The largest absolute Gasteiger partial charge is 0.486 e. The summed E-state index contributed by atoms with van der Waals surface area (Å²) < 4.78 is 11.1. The molecular weight excluding hydrogens is 226 g/mol. The number of ether oxygens (including phenoxy) is 2. The van der Waals surface area contributed by atoms with E-state index in [1.54, 1.807) is 0 Å². The van der Waals surface area contributed by atoms with Crippen molar-refractivity contribution in [1.29, 1.82) is 0 Å². The van der Waals surface area contributed by atoms with Crippen molar-refractivity contribution in [1.82, 2.24) is 5.32 Å². The van der Waals surface area contributed by atoms with Gasteiger partial charge in [0.15, 0.2) is 11.5 Å². The predicted octanol–water partition coefficient (Wildman–Crippen LogP) is 2.52. The van der Waals surface area contributed by atoms with Gasteiger partial charge in [0.25, 0.3) is 0 Å². The van der Waals surface area contributed by atoms with E-state index in [1.807, 2.05) is 6.07 Å². The third kappa shape index (κ3) is 2.96. The van der Waals surface area contributed by atoms with Crippen molar-refractivity contribution >= 4 is 0 Å². The number of hydrogen-bond acceptors (Lipinski definition) is 3. The molecule has 0 spiro atoms. The maximum absolute atomic E-state index is 5.60. The lowest BCUT2D eigenvalue weighted by Gasteiger charge is -2.22. The highest BCUT2D eigenvalue weighted by Gasteiger charge is 2.15. The molecule has 0 radical (unpaired) electrons. The molecular formula is C15H19NO2. The van der Waals surface area contributed by atoms with Crippen LogP contribution < -0.4 is 14.8 Å². The van der Waals surface area contributed by atoms with Crippen molar-refractivity contribution in [2.24, 2.45) is 0 Å². The van der Waals surface area contributed by atoms with Gasteiger partial charge in [-0.25, -0.2) is 0 Å². The Bertz CT molecular complexity index is 437. The van der Waals surface area contributed by atoms with Crippen molar-refractivity contribution < 1.29 is 9.47 Å². The summed E-state index contributed by atoms with van der Waals surface area (Å²) in [5.74, 6) is 4.36. The molecule has 1 atom stereocenters. The van der Waals surface area contributed by atoms with Gasteiger partial charge in [0.05, 0.1) is 0 Å². The van der Waals surface area contributed by atoms with E-state index in [4.69, 9.17) is 15.9 Å². The van der Waals surface area contributed by atoms with Crippen LogP contribution in [0.15, 0.2) is 18.2 Å². The van der Waals surface area contributed by atoms with Gasteiger partial charge < -0.3 is 14.8 Å². The van der Waals surface area contributed by atoms with Crippen LogP contribution >= 0.6 is 0 Å². The summed E-state index contributed by atoms with van der Waals surface area (Å²) in [4.78, 5) is 0. The summed E-state index contributed by atoms with van der Waals surface area (Å²) in [7, 11) is 0. The zero-order valence-electron chi connectivity index (χ0n) is 10.7. The molecule has 0 aliphatic carbocycles. The number of nitrogens with one attached hydrogen (secondary N) is 1. The van der Waals surface area contributed by atoms with Crippen LogP contribution in [0.5, 0.6) is 11.5 Å². The molecule has 0 saturated carbocycles. The highest BCUT2D eigenvalue weighted by molar-refractivity contribution is 5.44. The number of benzene rings is 1. The maximum atomic E-state index is 5.60. The molecule has 1 heterocycles. The lowest BCUT2D eigenvalue weighted by Crippen LogP contribution is -2.21. The summed E-state index contributed by atoms with van der Waals surface area (Å²) in [5.41, 5.74) is 1.20. The average Bonchev–Trinajstić information content (AvgIpc) is 2.43. The normalized spacial score (nSPS) is 14.9. The molecule has 0 aromatic heterocycles. The van der Waals surface area contributed by atoms with Crippen molar-refractivity contribution in [2.45, 2.75) is 25.8 Å². The van der Waals surface area contributed by atoms with E-state index < -0.39 is 0 Å². The molecule has 18 heavy (non-hydrogen) atoms. The van der Waals surface area contributed by atoms with E-state index in [2.05, 4.69) is 30.3 Å². The van der Waals surface area contributed by atoms with Crippen LogP contribution in [0.3, 0.4) is 0 Å². The zero-order chi connectivity index (χ0) is 12.8. The van der Waals surface area contributed by atoms with Gasteiger partial charge in [-0.15, -0.1) is 12.3 Å². The molecule has 1 unspecified atom stereocenters. The third-order valence-corrected chi connectivity index (χ3v) is 3.00. The number of terminal acetylenes is 1. The minimum absolute atomic E-state index is 0.280. The van der Waals surface area contributed by atoms with E-state index in [9.17, 15) is 0 Å². The summed E-state index contributed by atoms with van der Waals surface area (Å²) in [6, 6.07) is 6.39. The van der Waals surface area contributed by atoms with Crippen LogP contribution in [-0.4, -0.2) is 19.8 Å². The Balaban J connectivity index is 2.16. The van der Waals surface area contributed by atoms with E-state index >= 15 is 0 Å². The SMILES string of the molecule is C#CCCC(NCC)c1ccc2c(c1)OCCO2. The Labute approximate surface area is 108 Å². The summed E-state index contributed by atoms with van der Waals surface area (Å²) in [6.45, 7) is 4.26. The lowest BCUT2D eigenvalue weighted by atomic mass is 10.0. The van der Waals surface area contributed by atoms with Crippen molar-refractivity contribution in [3.63, 3.8) is 0 Å². The van der Waals surface area contributed by atoms with Gasteiger partial charge in [0, 0.05) is 12.5 Å². The fourth-order valence-electron chi connectivity index (χ4n) is 2.14. The third-order valence-electron chi connectivity index (χ3n) is 3.00. The number of hydrogen-bond donors (Lipinski definition) is 1. The molecule has 3 nitrogen and oxygen atoms in total. The summed E-state index contributed by atoms with van der Waals surface area (Å²) >= 11 is 0. The first-order valence-electron chi connectivity index (χ1n) is 6.41.